The summed E-state index contributed by atoms with van der Waals surface area (Å²) in [6.07, 6.45) is 8.48. The molecule has 0 saturated carbocycles. The molecule has 0 aliphatic carbocycles. The molecule has 0 bridgehead atoms. The number of hydrogen-bond donors (Lipinski definition) is 0. The lowest BCUT2D eigenvalue weighted by atomic mass is 10.0. The Bertz CT molecular complexity index is 775. The van der Waals surface area contributed by atoms with Crippen molar-refractivity contribution in [3.8, 4) is 12.3 Å². The van der Waals surface area contributed by atoms with Gasteiger partial charge in [0.05, 0.1) is 0 Å². The van der Waals surface area contributed by atoms with E-state index < -0.39 is 5.66 Å². The standard InChI is InChI=1S/C21H26N4O2/c1-3-4-10-21(22-23-21)11-9-19(26)24-12-6-13-25(15-14-24)20(27)18-8-5-7-17(2)16-18/h1,5,7-8,16H,4,6,9-15H2,2H3. The molecule has 1 aromatic carbocycles. The molecule has 0 spiro atoms. The highest BCUT2D eigenvalue weighted by molar-refractivity contribution is 5.94. The third kappa shape index (κ3) is 4.94. The zero-order valence-electron chi connectivity index (χ0n) is 15.9. The van der Waals surface area contributed by atoms with Gasteiger partial charge in [0.25, 0.3) is 5.91 Å². The van der Waals surface area contributed by atoms with Gasteiger partial charge in [0.1, 0.15) is 0 Å². The maximum atomic E-state index is 12.7. The van der Waals surface area contributed by atoms with Crippen molar-refractivity contribution in [2.45, 2.75) is 44.7 Å². The van der Waals surface area contributed by atoms with E-state index in [1.165, 1.54) is 0 Å². The lowest BCUT2D eigenvalue weighted by Gasteiger charge is -2.23. The predicted octanol–water partition coefficient (Wildman–Crippen LogP) is 3.03. The SMILES string of the molecule is C#CCCC1(CCC(=O)N2CCCN(C(=O)c3cccc(C)c3)CC2)N=N1. The van der Waals surface area contributed by atoms with E-state index in [-0.39, 0.29) is 11.8 Å². The summed E-state index contributed by atoms with van der Waals surface area (Å²) in [6.45, 7) is 4.47. The Morgan fingerprint density at radius 1 is 1.15 bits per heavy atom. The summed E-state index contributed by atoms with van der Waals surface area (Å²) in [6, 6.07) is 7.64. The number of nitrogens with zero attached hydrogens (tertiary/aromatic N) is 4. The first kappa shape index (κ1) is 19.1. The number of hydrogen-bond acceptors (Lipinski definition) is 4. The molecule has 1 fully saturated rings. The third-order valence-electron chi connectivity index (χ3n) is 5.19. The van der Waals surface area contributed by atoms with Crippen LogP contribution in [-0.2, 0) is 4.79 Å². The molecule has 0 N–H and O–H groups in total. The van der Waals surface area contributed by atoms with Gasteiger partial charge in [-0.1, -0.05) is 17.7 Å². The number of benzene rings is 1. The maximum Gasteiger partial charge on any atom is 0.253 e. The van der Waals surface area contributed by atoms with Crippen LogP contribution in [0.1, 0.15) is 48.0 Å². The Morgan fingerprint density at radius 2 is 1.89 bits per heavy atom. The molecule has 6 nitrogen and oxygen atoms in total. The summed E-state index contributed by atoms with van der Waals surface area (Å²) < 4.78 is 0. The predicted molar refractivity (Wildman–Crippen MR) is 103 cm³/mol. The Kier molecular flexibility index (Phi) is 5.90. The molecule has 2 aliphatic heterocycles. The van der Waals surface area contributed by atoms with Gasteiger partial charge in [-0.2, -0.15) is 10.2 Å². The molecule has 0 radical (unpaired) electrons. The van der Waals surface area contributed by atoms with Gasteiger partial charge < -0.3 is 9.80 Å². The van der Waals surface area contributed by atoms with Crippen LogP contribution < -0.4 is 0 Å². The van der Waals surface area contributed by atoms with Crippen LogP contribution in [0.15, 0.2) is 34.5 Å². The van der Waals surface area contributed by atoms with Crippen LogP contribution in [0.3, 0.4) is 0 Å². The molecule has 1 saturated heterocycles. The minimum Gasteiger partial charge on any atom is -0.341 e. The highest BCUT2D eigenvalue weighted by Crippen LogP contribution is 2.37. The van der Waals surface area contributed by atoms with E-state index >= 15 is 0 Å². The topological polar surface area (TPSA) is 65.3 Å². The van der Waals surface area contributed by atoms with Gasteiger partial charge in [0.2, 0.25) is 5.91 Å². The second-order valence-electron chi connectivity index (χ2n) is 7.28. The summed E-state index contributed by atoms with van der Waals surface area (Å²) in [5.74, 6) is 2.75. The molecule has 0 unspecified atom stereocenters. The monoisotopic (exact) mass is 366 g/mol. The number of aryl methyl sites for hydroxylation is 1. The van der Waals surface area contributed by atoms with Gasteiger partial charge in [-0.3, -0.25) is 9.59 Å². The quantitative estimate of drug-likeness (QED) is 0.727. The number of terminal acetylenes is 1. The highest BCUT2D eigenvalue weighted by atomic mass is 16.2. The molecule has 0 atom stereocenters. The smallest absolute Gasteiger partial charge is 0.253 e. The van der Waals surface area contributed by atoms with E-state index in [4.69, 9.17) is 6.42 Å². The van der Waals surface area contributed by atoms with Crippen LogP contribution in [0.4, 0.5) is 0 Å². The van der Waals surface area contributed by atoms with Gasteiger partial charge in [0, 0.05) is 57.4 Å². The largest absolute Gasteiger partial charge is 0.341 e. The first-order chi connectivity index (χ1) is 13.0. The fourth-order valence-corrected chi connectivity index (χ4v) is 3.46. The first-order valence-electron chi connectivity index (χ1n) is 9.54. The lowest BCUT2D eigenvalue weighted by molar-refractivity contribution is -0.131. The Hall–Kier alpha value is -2.68. The Labute approximate surface area is 160 Å². The van der Waals surface area contributed by atoms with Gasteiger partial charge in [-0.25, -0.2) is 0 Å². The van der Waals surface area contributed by atoms with E-state index in [2.05, 4.69) is 16.1 Å². The van der Waals surface area contributed by atoms with E-state index in [1.807, 2.05) is 41.0 Å². The minimum absolute atomic E-state index is 0.0387. The van der Waals surface area contributed by atoms with Gasteiger partial charge in [-0.15, -0.1) is 12.3 Å². The molecule has 142 valence electrons. The van der Waals surface area contributed by atoms with Gasteiger partial charge in [0.15, 0.2) is 5.66 Å². The van der Waals surface area contributed by atoms with Crippen LogP contribution >= 0.6 is 0 Å². The molecule has 2 amide bonds. The van der Waals surface area contributed by atoms with E-state index in [1.54, 1.807) is 0 Å². The van der Waals surface area contributed by atoms with Crippen molar-refractivity contribution in [1.82, 2.24) is 9.80 Å². The number of amides is 2. The molecule has 3 rings (SSSR count). The van der Waals surface area contributed by atoms with Crippen molar-refractivity contribution in [2.24, 2.45) is 10.2 Å². The average molecular weight is 366 g/mol. The minimum atomic E-state index is -0.416. The van der Waals surface area contributed by atoms with Crippen molar-refractivity contribution in [3.05, 3.63) is 35.4 Å². The second-order valence-corrected chi connectivity index (χ2v) is 7.28. The number of rotatable bonds is 6. The van der Waals surface area contributed by atoms with Crippen LogP contribution in [-0.4, -0.2) is 53.5 Å². The van der Waals surface area contributed by atoms with Gasteiger partial charge in [-0.05, 0) is 25.5 Å². The Balaban J connectivity index is 1.50. The van der Waals surface area contributed by atoms with Crippen LogP contribution in [0.25, 0.3) is 0 Å². The first-order valence-corrected chi connectivity index (χ1v) is 9.54. The number of carbonyl (C=O) groups is 2. The lowest BCUT2D eigenvalue weighted by Crippen LogP contribution is -2.37. The average Bonchev–Trinajstić information content (AvgIpc) is 3.48. The molecule has 6 heteroatoms. The molecule has 2 aliphatic rings. The van der Waals surface area contributed by atoms with Crippen LogP contribution in [0.2, 0.25) is 0 Å². The fourth-order valence-electron chi connectivity index (χ4n) is 3.46. The van der Waals surface area contributed by atoms with E-state index in [9.17, 15) is 9.59 Å². The number of carbonyl (C=O) groups excluding carboxylic acids is 2. The molecule has 2 heterocycles. The van der Waals surface area contributed by atoms with Gasteiger partial charge >= 0.3 is 0 Å². The summed E-state index contributed by atoms with van der Waals surface area (Å²) in [5.41, 5.74) is 1.37. The summed E-state index contributed by atoms with van der Waals surface area (Å²) in [5, 5.41) is 8.18. The normalized spacial score (nSPS) is 17.9. The zero-order valence-corrected chi connectivity index (χ0v) is 15.9. The van der Waals surface area contributed by atoms with Crippen molar-refractivity contribution < 1.29 is 9.59 Å². The molecular formula is C21H26N4O2. The van der Waals surface area contributed by atoms with Crippen LogP contribution in [0, 0.1) is 19.3 Å². The third-order valence-corrected chi connectivity index (χ3v) is 5.19. The maximum absolute atomic E-state index is 12.7. The van der Waals surface area contributed by atoms with E-state index in [0.717, 1.165) is 18.4 Å². The molecule has 27 heavy (non-hydrogen) atoms. The van der Waals surface area contributed by atoms with Crippen molar-refractivity contribution in [1.29, 1.82) is 0 Å². The molecule has 0 aromatic heterocycles. The van der Waals surface area contributed by atoms with Crippen molar-refractivity contribution in [2.75, 3.05) is 26.2 Å². The molecular weight excluding hydrogens is 340 g/mol. The van der Waals surface area contributed by atoms with Crippen molar-refractivity contribution in [3.63, 3.8) is 0 Å². The highest BCUT2D eigenvalue weighted by Gasteiger charge is 2.39. The van der Waals surface area contributed by atoms with Crippen LogP contribution in [0.5, 0.6) is 0 Å². The fraction of sp³-hybridized carbons (Fsp3) is 0.524. The summed E-state index contributed by atoms with van der Waals surface area (Å²) in [4.78, 5) is 29.0. The second kappa shape index (κ2) is 8.34. The van der Waals surface area contributed by atoms with Crippen molar-refractivity contribution >= 4 is 11.8 Å². The zero-order chi connectivity index (χ0) is 19.3. The molecule has 1 aromatic rings. The summed E-state index contributed by atoms with van der Waals surface area (Å²) in [7, 11) is 0. The van der Waals surface area contributed by atoms with E-state index in [0.29, 0.717) is 51.0 Å². The summed E-state index contributed by atoms with van der Waals surface area (Å²) >= 11 is 0. The Morgan fingerprint density at radius 3 is 2.59 bits per heavy atom.